The van der Waals surface area contributed by atoms with Crippen molar-refractivity contribution in [3.05, 3.63) is 94.3 Å². The van der Waals surface area contributed by atoms with Crippen LogP contribution in [-0.2, 0) is 4.79 Å². The van der Waals surface area contributed by atoms with Gasteiger partial charge in [0.05, 0.1) is 26.2 Å². The summed E-state index contributed by atoms with van der Waals surface area (Å²) in [6, 6.07) is 16.3. The number of fused-ring (bicyclic) bond motifs is 1. The average Bonchev–Trinajstić information content (AvgIpc) is 3.09. The molecule has 0 radical (unpaired) electrons. The summed E-state index contributed by atoms with van der Waals surface area (Å²) in [5.41, 5.74) is 4.40. The summed E-state index contributed by atoms with van der Waals surface area (Å²) in [5.74, 6) is -1.29. The molecule has 0 fully saturated rings. The van der Waals surface area contributed by atoms with E-state index in [0.29, 0.717) is 22.3 Å². The molecule has 0 saturated carbocycles. The topological polar surface area (TPSA) is 82.1 Å². The van der Waals surface area contributed by atoms with Crippen LogP contribution >= 0.6 is 0 Å². The van der Waals surface area contributed by atoms with Crippen LogP contribution in [0.25, 0.3) is 17.2 Å². The molecule has 1 aliphatic rings. The van der Waals surface area contributed by atoms with E-state index in [1.807, 2.05) is 13.0 Å². The van der Waals surface area contributed by atoms with Gasteiger partial charge in [0, 0.05) is 0 Å². The number of ether oxygens (including phenoxy) is 3. The lowest BCUT2D eigenvalue weighted by Crippen LogP contribution is -2.10. The van der Waals surface area contributed by atoms with Crippen LogP contribution in [-0.4, -0.2) is 31.3 Å². The molecule has 1 N–H and O–H groups in total. The Morgan fingerprint density at radius 2 is 1.60 bits per heavy atom. The van der Waals surface area contributed by atoms with Gasteiger partial charge in [0.15, 0.2) is 11.5 Å². The molecular formula is C28H23FO6. The number of carbonyl (C=O) groups is 2. The van der Waals surface area contributed by atoms with E-state index in [9.17, 15) is 19.1 Å². The van der Waals surface area contributed by atoms with Gasteiger partial charge in [-0.2, -0.15) is 0 Å². The second-order valence-corrected chi connectivity index (χ2v) is 7.93. The fraction of sp³-hybridized carbons (Fsp3) is 0.143. The highest BCUT2D eigenvalue weighted by atomic mass is 19.1. The highest BCUT2D eigenvalue weighted by molar-refractivity contribution is 6.07. The summed E-state index contributed by atoms with van der Waals surface area (Å²) in [7, 11) is 2.91. The fourth-order valence-corrected chi connectivity index (χ4v) is 4.11. The van der Waals surface area contributed by atoms with Crippen LogP contribution in [0.4, 0.5) is 4.39 Å². The summed E-state index contributed by atoms with van der Waals surface area (Å²) >= 11 is 0. The number of methoxy groups -OCH3 is 2. The van der Waals surface area contributed by atoms with Gasteiger partial charge in [-0.15, -0.1) is 0 Å². The minimum Gasteiger partial charge on any atom is -0.493 e. The van der Waals surface area contributed by atoms with Crippen molar-refractivity contribution in [1.82, 2.24) is 0 Å². The van der Waals surface area contributed by atoms with Gasteiger partial charge in [-0.25, -0.2) is 9.18 Å². The average molecular weight is 474 g/mol. The van der Waals surface area contributed by atoms with E-state index in [-0.39, 0.29) is 23.7 Å². The smallest absolute Gasteiger partial charge is 0.343 e. The zero-order valence-electron chi connectivity index (χ0n) is 19.4. The molecule has 178 valence electrons. The summed E-state index contributed by atoms with van der Waals surface area (Å²) < 4.78 is 30.5. The van der Waals surface area contributed by atoms with Gasteiger partial charge in [-0.3, -0.25) is 4.79 Å². The van der Waals surface area contributed by atoms with E-state index in [1.54, 1.807) is 48.5 Å². The third kappa shape index (κ3) is 4.80. The van der Waals surface area contributed by atoms with E-state index in [2.05, 4.69) is 0 Å². The lowest BCUT2D eigenvalue weighted by atomic mass is 10.00. The Morgan fingerprint density at radius 3 is 2.20 bits per heavy atom. The van der Waals surface area contributed by atoms with Gasteiger partial charge in [0.1, 0.15) is 5.82 Å². The van der Waals surface area contributed by atoms with Crippen molar-refractivity contribution in [3.63, 3.8) is 0 Å². The zero-order chi connectivity index (χ0) is 25.1. The molecule has 0 aromatic heterocycles. The number of hydrogen-bond acceptors (Lipinski definition) is 5. The van der Waals surface area contributed by atoms with Gasteiger partial charge >= 0.3 is 11.9 Å². The highest BCUT2D eigenvalue weighted by Crippen LogP contribution is 2.45. The molecule has 3 aromatic rings. The van der Waals surface area contributed by atoms with Crippen LogP contribution in [0.3, 0.4) is 0 Å². The number of allylic oxidation sites excluding steroid dienone is 2. The van der Waals surface area contributed by atoms with Crippen molar-refractivity contribution >= 4 is 29.2 Å². The molecule has 0 saturated heterocycles. The summed E-state index contributed by atoms with van der Waals surface area (Å²) in [6.07, 6.45) is 1.62. The van der Waals surface area contributed by atoms with Crippen LogP contribution in [0.15, 0.2) is 66.2 Å². The van der Waals surface area contributed by atoms with Gasteiger partial charge in [0.2, 0.25) is 5.75 Å². The number of rotatable bonds is 7. The maximum absolute atomic E-state index is 14.0. The molecule has 0 unspecified atom stereocenters. The number of carboxylic acid groups (broad SMARTS) is 1. The van der Waals surface area contributed by atoms with E-state index < -0.39 is 17.8 Å². The first kappa shape index (κ1) is 23.8. The Morgan fingerprint density at radius 1 is 0.943 bits per heavy atom. The molecule has 0 spiro atoms. The minimum atomic E-state index is -0.997. The second-order valence-electron chi connectivity index (χ2n) is 7.93. The highest BCUT2D eigenvalue weighted by Gasteiger charge is 2.26. The minimum absolute atomic E-state index is 0.138. The van der Waals surface area contributed by atoms with Crippen LogP contribution in [0.5, 0.6) is 17.2 Å². The maximum atomic E-state index is 14.0. The summed E-state index contributed by atoms with van der Waals surface area (Å²) in [5, 5.41) is 9.36. The van der Waals surface area contributed by atoms with Crippen LogP contribution < -0.4 is 14.2 Å². The quantitative estimate of drug-likeness (QED) is 0.341. The molecular weight excluding hydrogens is 451 g/mol. The molecule has 35 heavy (non-hydrogen) atoms. The number of benzene rings is 3. The molecule has 0 heterocycles. The van der Waals surface area contributed by atoms with Gasteiger partial charge in [-0.05, 0) is 82.8 Å². The van der Waals surface area contributed by atoms with Crippen LogP contribution in [0, 0.1) is 5.82 Å². The van der Waals surface area contributed by atoms with E-state index in [0.717, 1.165) is 16.7 Å². The lowest BCUT2D eigenvalue weighted by Gasteiger charge is -2.15. The van der Waals surface area contributed by atoms with Crippen molar-refractivity contribution in [3.8, 4) is 17.2 Å². The van der Waals surface area contributed by atoms with E-state index in [4.69, 9.17) is 14.2 Å². The van der Waals surface area contributed by atoms with Crippen molar-refractivity contribution in [2.24, 2.45) is 0 Å². The Labute approximate surface area is 201 Å². The first-order valence-electron chi connectivity index (χ1n) is 10.8. The molecule has 1 aliphatic carbocycles. The standard InChI is InChI=1S/C28H23FO6/c1-16-21(20-10-9-19(29)14-23(20)22(16)15-26(30)31)11-17-12-24(33-2)27(25(13-17)34-3)35-28(32)18-7-5-4-6-8-18/h4-14H,15H2,1-3H3,(H,30,31)/b21-11-. The first-order chi connectivity index (χ1) is 16.8. The van der Waals surface area contributed by atoms with Crippen molar-refractivity contribution in [1.29, 1.82) is 0 Å². The molecule has 7 heteroatoms. The Bertz CT molecular complexity index is 1350. The largest absolute Gasteiger partial charge is 0.493 e. The summed E-state index contributed by atoms with van der Waals surface area (Å²) in [6.45, 7) is 1.81. The number of esters is 1. The molecule has 0 bridgehead atoms. The van der Waals surface area contributed by atoms with Crippen LogP contribution in [0.2, 0.25) is 0 Å². The third-order valence-electron chi connectivity index (χ3n) is 5.78. The number of carboxylic acids is 1. The predicted octanol–water partition coefficient (Wildman–Crippen LogP) is 5.86. The lowest BCUT2D eigenvalue weighted by molar-refractivity contribution is -0.135. The maximum Gasteiger partial charge on any atom is 0.343 e. The Hall–Kier alpha value is -4.39. The molecule has 6 nitrogen and oxygen atoms in total. The number of aliphatic carboxylic acids is 1. The molecule has 4 rings (SSSR count). The number of halogens is 1. The Kier molecular flexibility index (Phi) is 6.68. The molecule has 0 aliphatic heterocycles. The van der Waals surface area contributed by atoms with Crippen LogP contribution in [0.1, 0.15) is 40.4 Å². The van der Waals surface area contributed by atoms with Crippen molar-refractivity contribution in [2.45, 2.75) is 13.3 Å². The predicted molar refractivity (Wildman–Crippen MR) is 130 cm³/mol. The molecule has 0 atom stereocenters. The second kappa shape index (κ2) is 9.85. The third-order valence-corrected chi connectivity index (χ3v) is 5.78. The van der Waals surface area contributed by atoms with Gasteiger partial charge in [-0.1, -0.05) is 24.3 Å². The SMILES string of the molecule is COc1cc(/C=C2/C(C)=C(CC(=O)O)c3cc(F)ccc32)cc(OC)c1OC(=O)c1ccccc1. The fourth-order valence-electron chi connectivity index (χ4n) is 4.11. The van der Waals surface area contributed by atoms with E-state index in [1.165, 1.54) is 26.4 Å². The number of carbonyl (C=O) groups excluding carboxylic acids is 1. The van der Waals surface area contributed by atoms with E-state index >= 15 is 0 Å². The Balaban J connectivity index is 1.78. The number of hydrogen-bond donors (Lipinski definition) is 1. The van der Waals surface area contributed by atoms with Crippen molar-refractivity contribution < 1.29 is 33.3 Å². The first-order valence-corrected chi connectivity index (χ1v) is 10.8. The van der Waals surface area contributed by atoms with Crippen molar-refractivity contribution in [2.75, 3.05) is 14.2 Å². The zero-order valence-corrected chi connectivity index (χ0v) is 19.4. The van der Waals surface area contributed by atoms with Gasteiger partial charge < -0.3 is 19.3 Å². The summed E-state index contributed by atoms with van der Waals surface area (Å²) in [4.78, 5) is 24.0. The normalized spacial score (nSPS) is 13.5. The molecule has 0 amide bonds. The monoisotopic (exact) mass is 474 g/mol. The molecule has 3 aromatic carbocycles. The van der Waals surface area contributed by atoms with Gasteiger partial charge in [0.25, 0.3) is 0 Å².